The molecule has 4 rings (SSSR count). The highest BCUT2D eigenvalue weighted by molar-refractivity contribution is 5.90. The molecule has 0 radical (unpaired) electrons. The monoisotopic (exact) mass is 341 g/mol. The quantitative estimate of drug-likeness (QED) is 0.895. The Morgan fingerprint density at radius 2 is 2.00 bits per heavy atom. The van der Waals surface area contributed by atoms with Crippen LogP contribution in [0.15, 0.2) is 36.7 Å². The van der Waals surface area contributed by atoms with Gasteiger partial charge >= 0.3 is 0 Å². The van der Waals surface area contributed by atoms with Crippen LogP contribution in [-0.2, 0) is 10.2 Å². The molecule has 132 valence electrons. The van der Waals surface area contributed by atoms with Crippen molar-refractivity contribution < 1.29 is 9.53 Å². The molecule has 1 amide bonds. The SMILES string of the molecule is O=C(c1ncn[nH]1)N1CCN(C[C@@]2(c3ccccc3)CCOC2)CC1. The van der Waals surface area contributed by atoms with Gasteiger partial charge in [0.15, 0.2) is 0 Å². The minimum atomic E-state index is -0.0703. The number of rotatable bonds is 4. The Labute approximate surface area is 147 Å². The van der Waals surface area contributed by atoms with Gasteiger partial charge in [0.2, 0.25) is 5.82 Å². The molecule has 2 fully saturated rings. The third-order valence-corrected chi connectivity index (χ3v) is 5.29. The van der Waals surface area contributed by atoms with Gasteiger partial charge in [-0.25, -0.2) is 4.98 Å². The zero-order valence-corrected chi connectivity index (χ0v) is 14.2. The number of carbonyl (C=O) groups is 1. The first-order valence-electron chi connectivity index (χ1n) is 8.77. The number of hydrogen-bond donors (Lipinski definition) is 1. The Balaban J connectivity index is 1.40. The Bertz CT molecular complexity index is 690. The molecule has 7 heteroatoms. The molecule has 2 aliphatic heterocycles. The van der Waals surface area contributed by atoms with Crippen LogP contribution < -0.4 is 0 Å². The minimum absolute atomic E-state index is 0.0678. The smallest absolute Gasteiger partial charge is 0.291 e. The fraction of sp³-hybridized carbons (Fsp3) is 0.500. The number of amides is 1. The molecule has 2 aliphatic rings. The second-order valence-corrected chi connectivity index (χ2v) is 6.85. The lowest BCUT2D eigenvalue weighted by Crippen LogP contribution is -2.52. The Hall–Kier alpha value is -2.25. The van der Waals surface area contributed by atoms with E-state index >= 15 is 0 Å². The first kappa shape index (κ1) is 16.2. The van der Waals surface area contributed by atoms with Crippen molar-refractivity contribution in [2.75, 3.05) is 45.9 Å². The second kappa shape index (κ2) is 6.93. The summed E-state index contributed by atoms with van der Waals surface area (Å²) in [6.07, 6.45) is 2.42. The number of carbonyl (C=O) groups excluding carboxylic acids is 1. The number of nitrogens with one attached hydrogen (secondary N) is 1. The zero-order chi connectivity index (χ0) is 17.1. The molecule has 1 aromatic carbocycles. The van der Waals surface area contributed by atoms with Crippen LogP contribution in [0.25, 0.3) is 0 Å². The van der Waals surface area contributed by atoms with Crippen LogP contribution in [0, 0.1) is 0 Å². The molecule has 2 saturated heterocycles. The highest BCUT2D eigenvalue weighted by Gasteiger charge is 2.39. The fourth-order valence-electron chi connectivity index (χ4n) is 3.84. The summed E-state index contributed by atoms with van der Waals surface area (Å²) >= 11 is 0. The molecular formula is C18H23N5O2. The summed E-state index contributed by atoms with van der Waals surface area (Å²) in [5.74, 6) is 0.248. The number of aromatic nitrogens is 3. The van der Waals surface area contributed by atoms with Crippen molar-refractivity contribution in [3.8, 4) is 0 Å². The van der Waals surface area contributed by atoms with Gasteiger partial charge in [0.25, 0.3) is 5.91 Å². The Morgan fingerprint density at radius 3 is 2.64 bits per heavy atom. The lowest BCUT2D eigenvalue weighted by atomic mass is 9.79. The number of ether oxygens (including phenoxy) is 1. The maximum Gasteiger partial charge on any atom is 0.291 e. The number of H-pyrrole nitrogens is 1. The molecule has 25 heavy (non-hydrogen) atoms. The van der Waals surface area contributed by atoms with Gasteiger partial charge in [0.1, 0.15) is 6.33 Å². The maximum absolute atomic E-state index is 12.4. The van der Waals surface area contributed by atoms with Crippen LogP contribution in [0.5, 0.6) is 0 Å². The van der Waals surface area contributed by atoms with Crippen molar-refractivity contribution in [1.82, 2.24) is 25.0 Å². The van der Waals surface area contributed by atoms with E-state index in [1.807, 2.05) is 4.90 Å². The first-order chi connectivity index (χ1) is 12.3. The molecule has 1 atom stereocenters. The summed E-state index contributed by atoms with van der Waals surface area (Å²) in [6, 6.07) is 10.7. The average Bonchev–Trinajstić information content (AvgIpc) is 3.35. The molecule has 2 aromatic rings. The van der Waals surface area contributed by atoms with Crippen molar-refractivity contribution in [2.24, 2.45) is 0 Å². The van der Waals surface area contributed by atoms with Gasteiger partial charge in [-0.1, -0.05) is 30.3 Å². The van der Waals surface area contributed by atoms with E-state index in [9.17, 15) is 4.79 Å². The molecule has 0 bridgehead atoms. The fourth-order valence-corrected chi connectivity index (χ4v) is 3.84. The van der Waals surface area contributed by atoms with E-state index < -0.39 is 0 Å². The van der Waals surface area contributed by atoms with Crippen molar-refractivity contribution >= 4 is 5.91 Å². The summed E-state index contributed by atoms with van der Waals surface area (Å²) < 4.78 is 5.75. The molecule has 3 heterocycles. The molecule has 1 N–H and O–H groups in total. The lowest BCUT2D eigenvalue weighted by molar-refractivity contribution is 0.0582. The maximum atomic E-state index is 12.4. The number of piperazine rings is 1. The predicted octanol–water partition coefficient (Wildman–Crippen LogP) is 0.921. The third-order valence-electron chi connectivity index (χ3n) is 5.29. The van der Waals surface area contributed by atoms with Crippen molar-refractivity contribution in [3.05, 3.63) is 48.0 Å². The highest BCUT2D eigenvalue weighted by Crippen LogP contribution is 2.34. The van der Waals surface area contributed by atoms with E-state index in [0.29, 0.717) is 18.9 Å². The normalized spacial score (nSPS) is 24.6. The lowest BCUT2D eigenvalue weighted by Gasteiger charge is -2.39. The molecule has 0 spiro atoms. The minimum Gasteiger partial charge on any atom is -0.380 e. The third kappa shape index (κ3) is 3.29. The zero-order valence-electron chi connectivity index (χ0n) is 14.2. The number of aromatic amines is 1. The van der Waals surface area contributed by atoms with Crippen LogP contribution in [0.3, 0.4) is 0 Å². The Morgan fingerprint density at radius 1 is 1.20 bits per heavy atom. The number of benzene rings is 1. The summed E-state index contributed by atoms with van der Waals surface area (Å²) in [5.41, 5.74) is 1.42. The van der Waals surface area contributed by atoms with E-state index in [1.54, 1.807) is 0 Å². The van der Waals surface area contributed by atoms with Crippen molar-refractivity contribution in [1.29, 1.82) is 0 Å². The number of hydrogen-bond acceptors (Lipinski definition) is 5. The predicted molar refractivity (Wildman–Crippen MR) is 92.3 cm³/mol. The van der Waals surface area contributed by atoms with E-state index in [2.05, 4.69) is 50.4 Å². The second-order valence-electron chi connectivity index (χ2n) is 6.85. The van der Waals surface area contributed by atoms with Gasteiger partial charge in [-0.05, 0) is 12.0 Å². The standard InChI is InChI=1S/C18H23N5O2/c24-17(16-19-14-20-21-16)23-9-7-22(8-10-23)12-18(6-11-25-13-18)15-4-2-1-3-5-15/h1-5,14H,6-13H2,(H,19,20,21)/t18-/m0/s1. The largest absolute Gasteiger partial charge is 0.380 e. The summed E-state index contributed by atoms with van der Waals surface area (Å²) in [4.78, 5) is 20.6. The van der Waals surface area contributed by atoms with Crippen molar-refractivity contribution in [3.63, 3.8) is 0 Å². The topological polar surface area (TPSA) is 74.4 Å². The van der Waals surface area contributed by atoms with Crippen LogP contribution in [0.1, 0.15) is 22.6 Å². The molecule has 0 aliphatic carbocycles. The highest BCUT2D eigenvalue weighted by atomic mass is 16.5. The molecule has 7 nitrogen and oxygen atoms in total. The molecule has 0 saturated carbocycles. The number of nitrogens with zero attached hydrogens (tertiary/aromatic N) is 4. The van der Waals surface area contributed by atoms with E-state index in [-0.39, 0.29) is 11.3 Å². The molecular weight excluding hydrogens is 318 g/mol. The van der Waals surface area contributed by atoms with Crippen LogP contribution >= 0.6 is 0 Å². The van der Waals surface area contributed by atoms with Crippen molar-refractivity contribution in [2.45, 2.75) is 11.8 Å². The van der Waals surface area contributed by atoms with Crippen LogP contribution in [0.2, 0.25) is 0 Å². The van der Waals surface area contributed by atoms with E-state index in [4.69, 9.17) is 4.74 Å². The summed E-state index contributed by atoms with van der Waals surface area (Å²) in [5, 5.41) is 6.41. The average molecular weight is 341 g/mol. The van der Waals surface area contributed by atoms with E-state index in [1.165, 1.54) is 11.9 Å². The van der Waals surface area contributed by atoms with E-state index in [0.717, 1.165) is 39.3 Å². The van der Waals surface area contributed by atoms with Gasteiger partial charge < -0.3 is 9.64 Å². The van der Waals surface area contributed by atoms with Gasteiger partial charge in [0, 0.05) is 44.7 Å². The van der Waals surface area contributed by atoms with Gasteiger partial charge in [0.05, 0.1) is 6.61 Å². The first-order valence-corrected chi connectivity index (χ1v) is 8.77. The Kier molecular flexibility index (Phi) is 4.50. The van der Waals surface area contributed by atoms with Crippen LogP contribution in [-0.4, -0.2) is 76.8 Å². The van der Waals surface area contributed by atoms with Gasteiger partial charge in [-0.3, -0.25) is 14.8 Å². The van der Waals surface area contributed by atoms with Gasteiger partial charge in [-0.2, -0.15) is 5.10 Å². The van der Waals surface area contributed by atoms with Crippen LogP contribution in [0.4, 0.5) is 0 Å². The molecule has 0 unspecified atom stereocenters. The van der Waals surface area contributed by atoms with Gasteiger partial charge in [-0.15, -0.1) is 0 Å². The summed E-state index contributed by atoms with van der Waals surface area (Å²) in [7, 11) is 0. The molecule has 1 aromatic heterocycles. The summed E-state index contributed by atoms with van der Waals surface area (Å²) in [6.45, 7) is 5.73.